The molecule has 0 N–H and O–H groups in total. The Balaban J connectivity index is 2.16. The topological polar surface area (TPSA) is 0 Å². The molecule has 0 aliphatic heterocycles. The SMILES string of the molecule is Fc1ccc(Sc2c[c]ccc2)cc1. The van der Waals surface area contributed by atoms with Crippen LogP contribution in [-0.4, -0.2) is 0 Å². The highest BCUT2D eigenvalue weighted by Crippen LogP contribution is 2.26. The lowest BCUT2D eigenvalue weighted by Gasteiger charge is -2.00. The minimum Gasteiger partial charge on any atom is -0.207 e. The van der Waals surface area contributed by atoms with Gasteiger partial charge in [-0.2, -0.15) is 0 Å². The predicted octanol–water partition coefficient (Wildman–Crippen LogP) is 3.78. The molecule has 1 radical (unpaired) electrons. The van der Waals surface area contributed by atoms with Gasteiger partial charge in [0.05, 0.1) is 0 Å². The van der Waals surface area contributed by atoms with Crippen LogP contribution in [0.25, 0.3) is 0 Å². The van der Waals surface area contributed by atoms with Crippen LogP contribution in [0.4, 0.5) is 4.39 Å². The Morgan fingerprint density at radius 1 is 1.00 bits per heavy atom. The molecule has 2 aromatic rings. The summed E-state index contributed by atoms with van der Waals surface area (Å²) in [6, 6.07) is 17.2. The quantitative estimate of drug-likeness (QED) is 0.715. The van der Waals surface area contributed by atoms with Gasteiger partial charge in [0.15, 0.2) is 0 Å². The molecular formula is C12H8FS. The monoisotopic (exact) mass is 203 g/mol. The van der Waals surface area contributed by atoms with Gasteiger partial charge in [-0.3, -0.25) is 0 Å². The molecule has 2 aromatic carbocycles. The molecule has 0 spiro atoms. The van der Waals surface area contributed by atoms with Crippen LogP contribution >= 0.6 is 11.8 Å². The van der Waals surface area contributed by atoms with Gasteiger partial charge in [-0.15, -0.1) is 0 Å². The van der Waals surface area contributed by atoms with E-state index in [4.69, 9.17) is 0 Å². The zero-order chi connectivity index (χ0) is 9.80. The van der Waals surface area contributed by atoms with Crippen molar-refractivity contribution in [2.45, 2.75) is 9.79 Å². The third-order valence-electron chi connectivity index (χ3n) is 1.73. The van der Waals surface area contributed by atoms with Gasteiger partial charge in [0, 0.05) is 9.79 Å². The van der Waals surface area contributed by atoms with Crippen molar-refractivity contribution in [3.63, 3.8) is 0 Å². The van der Waals surface area contributed by atoms with Gasteiger partial charge in [0.2, 0.25) is 0 Å². The first kappa shape index (κ1) is 9.28. The van der Waals surface area contributed by atoms with E-state index in [1.807, 2.05) is 24.3 Å². The summed E-state index contributed by atoms with van der Waals surface area (Å²) >= 11 is 1.60. The number of rotatable bonds is 2. The predicted molar refractivity (Wildman–Crippen MR) is 55.8 cm³/mol. The van der Waals surface area contributed by atoms with Crippen LogP contribution in [0, 0.1) is 11.9 Å². The molecule has 0 saturated heterocycles. The fourth-order valence-corrected chi connectivity index (χ4v) is 1.90. The van der Waals surface area contributed by atoms with Crippen molar-refractivity contribution < 1.29 is 4.39 Å². The van der Waals surface area contributed by atoms with Gasteiger partial charge in [-0.25, -0.2) is 4.39 Å². The summed E-state index contributed by atoms with van der Waals surface area (Å²) in [5, 5.41) is 0. The average molecular weight is 203 g/mol. The van der Waals surface area contributed by atoms with Gasteiger partial charge >= 0.3 is 0 Å². The first-order valence-corrected chi connectivity index (χ1v) is 5.06. The molecule has 0 aromatic heterocycles. The summed E-state index contributed by atoms with van der Waals surface area (Å²) in [5.41, 5.74) is 0. The van der Waals surface area contributed by atoms with Crippen LogP contribution in [0.15, 0.2) is 58.3 Å². The molecule has 0 bridgehead atoms. The van der Waals surface area contributed by atoms with E-state index in [0.29, 0.717) is 0 Å². The maximum atomic E-state index is 12.6. The second-order valence-electron chi connectivity index (χ2n) is 2.80. The molecule has 0 fully saturated rings. The van der Waals surface area contributed by atoms with E-state index in [2.05, 4.69) is 6.07 Å². The van der Waals surface area contributed by atoms with Gasteiger partial charge in [-0.05, 0) is 42.5 Å². The Labute approximate surface area is 86.8 Å². The maximum Gasteiger partial charge on any atom is 0.123 e. The average Bonchev–Trinajstić information content (AvgIpc) is 2.23. The molecule has 0 amide bonds. The highest BCUT2D eigenvalue weighted by atomic mass is 32.2. The standard InChI is InChI=1S/C12H8FS/c13-10-6-8-12(9-7-10)14-11-4-2-1-3-5-11/h1-2,4-9H. The van der Waals surface area contributed by atoms with E-state index >= 15 is 0 Å². The van der Waals surface area contributed by atoms with Crippen LogP contribution in [0.2, 0.25) is 0 Å². The number of benzene rings is 2. The van der Waals surface area contributed by atoms with Crippen LogP contribution < -0.4 is 0 Å². The van der Waals surface area contributed by atoms with Gasteiger partial charge < -0.3 is 0 Å². The fourth-order valence-electron chi connectivity index (χ4n) is 1.08. The summed E-state index contributed by atoms with van der Waals surface area (Å²) < 4.78 is 12.6. The summed E-state index contributed by atoms with van der Waals surface area (Å²) in [6.45, 7) is 0. The second kappa shape index (κ2) is 4.29. The first-order valence-electron chi connectivity index (χ1n) is 4.24. The summed E-state index contributed by atoms with van der Waals surface area (Å²) in [6.07, 6.45) is 0. The molecule has 0 heterocycles. The van der Waals surface area contributed by atoms with E-state index in [1.54, 1.807) is 23.9 Å². The maximum absolute atomic E-state index is 12.6. The van der Waals surface area contributed by atoms with Crippen molar-refractivity contribution in [1.29, 1.82) is 0 Å². The van der Waals surface area contributed by atoms with E-state index in [0.717, 1.165) is 9.79 Å². The van der Waals surface area contributed by atoms with Crippen molar-refractivity contribution in [2.24, 2.45) is 0 Å². The third kappa shape index (κ3) is 2.36. The summed E-state index contributed by atoms with van der Waals surface area (Å²) in [5.74, 6) is -0.200. The third-order valence-corrected chi connectivity index (χ3v) is 2.73. The second-order valence-corrected chi connectivity index (χ2v) is 3.94. The fraction of sp³-hybridized carbons (Fsp3) is 0. The van der Waals surface area contributed by atoms with Gasteiger partial charge in [0.25, 0.3) is 0 Å². The van der Waals surface area contributed by atoms with Crippen LogP contribution in [0.5, 0.6) is 0 Å². The molecule has 2 rings (SSSR count). The van der Waals surface area contributed by atoms with Crippen LogP contribution in [-0.2, 0) is 0 Å². The summed E-state index contributed by atoms with van der Waals surface area (Å²) in [4.78, 5) is 2.14. The number of hydrogen-bond acceptors (Lipinski definition) is 1. The molecule has 69 valence electrons. The lowest BCUT2D eigenvalue weighted by molar-refractivity contribution is 0.626. The van der Waals surface area contributed by atoms with Gasteiger partial charge in [-0.1, -0.05) is 23.9 Å². The lowest BCUT2D eigenvalue weighted by atomic mass is 10.3. The first-order chi connectivity index (χ1) is 6.84. The minimum atomic E-state index is -0.200. The minimum absolute atomic E-state index is 0.200. The molecule has 2 heteroatoms. The lowest BCUT2D eigenvalue weighted by Crippen LogP contribution is -1.74. The van der Waals surface area contributed by atoms with Crippen LogP contribution in [0.1, 0.15) is 0 Å². The molecule has 14 heavy (non-hydrogen) atoms. The van der Waals surface area contributed by atoms with Gasteiger partial charge in [0.1, 0.15) is 5.82 Å². The molecule has 0 unspecified atom stereocenters. The zero-order valence-corrected chi connectivity index (χ0v) is 8.22. The normalized spacial score (nSPS) is 10.1. The number of halogens is 1. The molecule has 0 nitrogen and oxygen atoms in total. The van der Waals surface area contributed by atoms with Crippen molar-refractivity contribution >= 4 is 11.8 Å². The Morgan fingerprint density at radius 3 is 2.43 bits per heavy atom. The van der Waals surface area contributed by atoms with Crippen molar-refractivity contribution in [3.05, 3.63) is 60.4 Å². The van der Waals surface area contributed by atoms with E-state index in [9.17, 15) is 4.39 Å². The Hall–Kier alpha value is -1.28. The highest BCUT2D eigenvalue weighted by Gasteiger charge is 1.96. The Morgan fingerprint density at radius 2 is 1.79 bits per heavy atom. The largest absolute Gasteiger partial charge is 0.207 e. The Kier molecular flexibility index (Phi) is 2.84. The van der Waals surface area contributed by atoms with Crippen molar-refractivity contribution in [2.75, 3.05) is 0 Å². The van der Waals surface area contributed by atoms with E-state index in [1.165, 1.54) is 12.1 Å². The number of hydrogen-bond donors (Lipinski definition) is 0. The molecular weight excluding hydrogens is 195 g/mol. The highest BCUT2D eigenvalue weighted by molar-refractivity contribution is 7.99. The zero-order valence-electron chi connectivity index (χ0n) is 7.41. The molecule has 0 atom stereocenters. The van der Waals surface area contributed by atoms with E-state index < -0.39 is 0 Å². The van der Waals surface area contributed by atoms with Crippen LogP contribution in [0.3, 0.4) is 0 Å². The molecule has 0 aliphatic rings. The Bertz CT molecular complexity index is 394. The summed E-state index contributed by atoms with van der Waals surface area (Å²) in [7, 11) is 0. The van der Waals surface area contributed by atoms with E-state index in [-0.39, 0.29) is 5.82 Å². The smallest absolute Gasteiger partial charge is 0.123 e. The molecule has 0 aliphatic carbocycles. The van der Waals surface area contributed by atoms with Crippen molar-refractivity contribution in [1.82, 2.24) is 0 Å². The molecule has 0 saturated carbocycles. The van der Waals surface area contributed by atoms with Crippen molar-refractivity contribution in [3.8, 4) is 0 Å².